The number of hydrogen-bond donors (Lipinski definition) is 2. The van der Waals surface area contributed by atoms with Gasteiger partial charge >= 0.3 is 5.97 Å². The van der Waals surface area contributed by atoms with Gasteiger partial charge in [0.25, 0.3) is 0 Å². The van der Waals surface area contributed by atoms with Gasteiger partial charge in [-0.2, -0.15) is 0 Å². The summed E-state index contributed by atoms with van der Waals surface area (Å²) in [5.41, 5.74) is 2.22. The van der Waals surface area contributed by atoms with E-state index in [-0.39, 0.29) is 11.2 Å². The number of rotatable bonds is 1. The number of carbonyl (C=O) groups is 1. The minimum Gasteiger partial charge on any atom is -0.480 e. The molecular weight excluding hydrogens is 222 g/mol. The van der Waals surface area contributed by atoms with Crippen LogP contribution < -0.4 is 0 Å². The number of thioether (sulfide) groups is 1. The third-order valence-electron chi connectivity index (χ3n) is 3.14. The Morgan fingerprint density at radius 2 is 2.31 bits per heavy atom. The molecule has 0 aliphatic carbocycles. The number of aromatic nitrogens is 1. The Morgan fingerprint density at radius 3 is 3.06 bits per heavy atom. The minimum atomic E-state index is -0.735. The first kappa shape index (κ1) is 9.78. The second kappa shape index (κ2) is 3.28. The van der Waals surface area contributed by atoms with Crippen LogP contribution in [0.5, 0.6) is 0 Å². The summed E-state index contributed by atoms with van der Waals surface area (Å²) < 4.78 is 0. The van der Waals surface area contributed by atoms with Crippen molar-refractivity contribution in [2.45, 2.75) is 23.0 Å². The molecule has 0 bridgehead atoms. The minimum absolute atomic E-state index is 0.0474. The molecule has 1 aromatic carbocycles. The number of aliphatic carboxylic acids is 1. The largest absolute Gasteiger partial charge is 0.480 e. The van der Waals surface area contributed by atoms with Gasteiger partial charge < -0.3 is 10.1 Å². The molecular formula is C12H11NO2S. The molecule has 2 N–H and O–H groups in total. The topological polar surface area (TPSA) is 53.1 Å². The van der Waals surface area contributed by atoms with Gasteiger partial charge in [0.2, 0.25) is 0 Å². The summed E-state index contributed by atoms with van der Waals surface area (Å²) in [4.78, 5) is 15.5. The Bertz CT molecular complexity index is 575. The summed E-state index contributed by atoms with van der Waals surface area (Å²) >= 11 is 1.45. The maximum atomic E-state index is 11.2. The molecule has 16 heavy (non-hydrogen) atoms. The zero-order valence-electron chi connectivity index (χ0n) is 8.73. The van der Waals surface area contributed by atoms with Gasteiger partial charge in [-0.05, 0) is 17.7 Å². The van der Waals surface area contributed by atoms with Gasteiger partial charge in [-0.15, -0.1) is 11.8 Å². The highest BCUT2D eigenvalue weighted by Crippen LogP contribution is 2.45. The molecule has 0 unspecified atom stereocenters. The maximum Gasteiger partial charge on any atom is 0.317 e. The predicted molar refractivity (Wildman–Crippen MR) is 64.0 cm³/mol. The van der Waals surface area contributed by atoms with Gasteiger partial charge in [0.1, 0.15) is 5.25 Å². The van der Waals surface area contributed by atoms with Crippen LogP contribution in [0.15, 0.2) is 29.3 Å². The van der Waals surface area contributed by atoms with Crippen molar-refractivity contribution in [2.24, 2.45) is 0 Å². The second-order valence-electron chi connectivity index (χ2n) is 4.09. The first-order valence-corrected chi connectivity index (χ1v) is 6.06. The number of H-pyrrole nitrogens is 1. The van der Waals surface area contributed by atoms with Crippen molar-refractivity contribution in [3.05, 3.63) is 30.0 Å². The van der Waals surface area contributed by atoms with E-state index < -0.39 is 5.97 Å². The van der Waals surface area contributed by atoms with Gasteiger partial charge in [0.15, 0.2) is 0 Å². The Hall–Kier alpha value is -1.42. The van der Waals surface area contributed by atoms with Crippen molar-refractivity contribution in [1.29, 1.82) is 0 Å². The lowest BCUT2D eigenvalue weighted by atomic mass is 9.96. The highest BCUT2D eigenvalue weighted by molar-refractivity contribution is 8.01. The van der Waals surface area contributed by atoms with Gasteiger partial charge in [-0.1, -0.05) is 13.0 Å². The average molecular weight is 233 g/mol. The number of nitrogens with one attached hydrogen (secondary N) is 1. The number of hydrogen-bond acceptors (Lipinski definition) is 2. The average Bonchev–Trinajstić information content (AvgIpc) is 2.68. The smallest absolute Gasteiger partial charge is 0.317 e. The van der Waals surface area contributed by atoms with E-state index in [0.29, 0.717) is 0 Å². The Morgan fingerprint density at radius 1 is 1.50 bits per heavy atom. The fraction of sp³-hybridized carbons (Fsp3) is 0.250. The monoisotopic (exact) mass is 233 g/mol. The Kier molecular flexibility index (Phi) is 2.01. The highest BCUT2D eigenvalue weighted by atomic mass is 32.2. The molecule has 0 spiro atoms. The normalized spacial score (nSPS) is 23.6. The molecule has 0 saturated heterocycles. The lowest BCUT2D eigenvalue weighted by Gasteiger charge is -2.25. The zero-order chi connectivity index (χ0) is 11.3. The summed E-state index contributed by atoms with van der Waals surface area (Å²) in [6.07, 6.45) is 1.94. The lowest BCUT2D eigenvalue weighted by molar-refractivity contribution is -0.136. The van der Waals surface area contributed by atoms with Gasteiger partial charge in [0, 0.05) is 27.9 Å². The summed E-state index contributed by atoms with van der Waals surface area (Å²) in [6.45, 7) is 1.98. The summed E-state index contributed by atoms with van der Waals surface area (Å²) in [7, 11) is 0. The quantitative estimate of drug-likeness (QED) is 0.796. The van der Waals surface area contributed by atoms with Crippen molar-refractivity contribution >= 4 is 28.6 Å². The fourth-order valence-electron chi connectivity index (χ4n) is 2.30. The first-order chi connectivity index (χ1) is 7.68. The van der Waals surface area contributed by atoms with E-state index in [1.165, 1.54) is 17.1 Å². The predicted octanol–water partition coefficient (Wildman–Crippen LogP) is 2.83. The van der Waals surface area contributed by atoms with E-state index in [9.17, 15) is 9.90 Å². The lowest BCUT2D eigenvalue weighted by Crippen LogP contribution is -2.24. The highest BCUT2D eigenvalue weighted by Gasteiger charge is 2.33. The molecule has 1 aromatic heterocycles. The van der Waals surface area contributed by atoms with E-state index in [4.69, 9.17) is 0 Å². The molecule has 0 radical (unpaired) electrons. The van der Waals surface area contributed by atoms with Crippen LogP contribution in [0.25, 0.3) is 10.9 Å². The zero-order valence-corrected chi connectivity index (χ0v) is 9.54. The maximum absolute atomic E-state index is 11.2. The van der Waals surface area contributed by atoms with Crippen LogP contribution in [0.1, 0.15) is 18.4 Å². The van der Waals surface area contributed by atoms with Gasteiger partial charge in [0.05, 0.1) is 0 Å². The van der Waals surface area contributed by atoms with Crippen molar-refractivity contribution in [2.75, 3.05) is 0 Å². The van der Waals surface area contributed by atoms with E-state index in [0.717, 1.165) is 16.0 Å². The molecule has 3 nitrogen and oxygen atoms in total. The number of benzene rings is 1. The molecule has 2 heterocycles. The van der Waals surface area contributed by atoms with Crippen LogP contribution in [0, 0.1) is 0 Å². The summed E-state index contributed by atoms with van der Waals surface area (Å²) in [6, 6.07) is 5.97. The van der Waals surface area contributed by atoms with Crippen LogP contribution in [-0.4, -0.2) is 21.3 Å². The van der Waals surface area contributed by atoms with Crippen LogP contribution >= 0.6 is 11.8 Å². The van der Waals surface area contributed by atoms with Gasteiger partial charge in [-0.25, -0.2) is 0 Å². The SMILES string of the molecule is C[C@H]1c2c[nH]c3cccc(c23)S[C@@H]1C(=O)O. The molecule has 0 fully saturated rings. The van der Waals surface area contributed by atoms with E-state index in [1.807, 2.05) is 31.3 Å². The molecule has 2 atom stereocenters. The first-order valence-electron chi connectivity index (χ1n) is 5.18. The van der Waals surface area contributed by atoms with Gasteiger partial charge in [-0.3, -0.25) is 4.79 Å². The van der Waals surface area contributed by atoms with Crippen LogP contribution in [0.2, 0.25) is 0 Å². The third-order valence-corrected chi connectivity index (χ3v) is 4.60. The number of aromatic amines is 1. The molecule has 1 aliphatic heterocycles. The van der Waals surface area contributed by atoms with Crippen molar-refractivity contribution in [3.63, 3.8) is 0 Å². The standard InChI is InChI=1S/C12H11NO2S/c1-6-7-5-13-8-3-2-4-9(10(7)8)16-11(6)12(14)15/h2-6,11,13H,1H3,(H,14,15)/t6-,11-/m0/s1. The second-order valence-corrected chi connectivity index (χ2v) is 5.27. The molecule has 2 aromatic rings. The molecule has 4 heteroatoms. The Labute approximate surface area is 96.9 Å². The van der Waals surface area contributed by atoms with E-state index in [2.05, 4.69) is 4.98 Å². The van der Waals surface area contributed by atoms with Crippen LogP contribution in [0.4, 0.5) is 0 Å². The molecule has 1 aliphatic rings. The summed E-state index contributed by atoms with van der Waals surface area (Å²) in [5.74, 6) is -0.687. The molecule has 0 amide bonds. The molecule has 3 rings (SSSR count). The third kappa shape index (κ3) is 1.19. The van der Waals surface area contributed by atoms with Crippen molar-refractivity contribution < 1.29 is 9.90 Å². The van der Waals surface area contributed by atoms with Crippen LogP contribution in [0.3, 0.4) is 0 Å². The van der Waals surface area contributed by atoms with Crippen molar-refractivity contribution in [3.8, 4) is 0 Å². The number of carboxylic acids is 1. The fourth-order valence-corrected chi connectivity index (χ4v) is 3.53. The molecule has 82 valence electrons. The molecule has 0 saturated carbocycles. The van der Waals surface area contributed by atoms with Crippen LogP contribution in [-0.2, 0) is 4.79 Å². The van der Waals surface area contributed by atoms with Crippen molar-refractivity contribution in [1.82, 2.24) is 4.98 Å². The van der Waals surface area contributed by atoms with E-state index >= 15 is 0 Å². The van der Waals surface area contributed by atoms with E-state index in [1.54, 1.807) is 0 Å². The number of carboxylic acid groups (broad SMARTS) is 1. The summed E-state index contributed by atoms with van der Waals surface area (Å²) in [5, 5.41) is 10.0. The Balaban J connectivity index is 2.25.